The fraction of sp³-hybridized carbons (Fsp3) is 0.190. The molecular weight excluding hydrogens is 785 g/mol. The van der Waals surface area contributed by atoms with Crippen molar-refractivity contribution < 1.29 is 21.5 Å². The molecule has 3 heterocycles. The molecule has 0 aliphatic carbocycles. The Bertz CT molecular complexity index is 2160. The normalized spacial score (nSPS) is 11.9. The number of aryl methyl sites for hydroxylation is 2. The Hall–Kier alpha value is -3.73. The van der Waals surface area contributed by atoms with E-state index in [2.05, 4.69) is 110 Å². The molecule has 2 nitrogen and oxygen atoms in total. The molecule has 0 N–H and O–H groups in total. The van der Waals surface area contributed by atoms with E-state index in [1.54, 1.807) is 11.3 Å². The number of benzene rings is 4. The van der Waals surface area contributed by atoms with Crippen LogP contribution < -0.4 is 5.19 Å². The quantitative estimate of drug-likeness (QED) is 0.128. The fourth-order valence-electron chi connectivity index (χ4n) is 5.78. The Morgan fingerprint density at radius 2 is 1.57 bits per heavy atom. The van der Waals surface area contributed by atoms with E-state index < -0.39 is 14.0 Å². The first kappa shape index (κ1) is 33.2. The number of fused-ring (bicyclic) bond motifs is 3. The van der Waals surface area contributed by atoms with Crippen LogP contribution in [0, 0.1) is 26.0 Å². The first-order valence-electron chi connectivity index (χ1n) is 16.2. The van der Waals surface area contributed by atoms with Gasteiger partial charge in [-0.15, -0.1) is 59.7 Å². The van der Waals surface area contributed by atoms with E-state index in [0.29, 0.717) is 0 Å². The number of rotatable bonds is 5. The predicted octanol–water partition coefficient (Wildman–Crippen LogP) is 11.4. The molecule has 0 aliphatic heterocycles. The molecule has 0 saturated heterocycles. The van der Waals surface area contributed by atoms with Gasteiger partial charge in [0.25, 0.3) is 0 Å². The molecule has 0 saturated carbocycles. The van der Waals surface area contributed by atoms with Gasteiger partial charge in [0.05, 0.1) is 8.07 Å². The molecule has 0 atom stereocenters. The van der Waals surface area contributed by atoms with Gasteiger partial charge < -0.3 is 9.97 Å². The van der Waals surface area contributed by atoms with Crippen molar-refractivity contribution in [3.63, 3.8) is 0 Å². The third-order valence-corrected chi connectivity index (χ3v) is 11.4. The summed E-state index contributed by atoms with van der Waals surface area (Å²) in [5.41, 5.74) is 9.99. The second-order valence-electron chi connectivity index (χ2n) is 13.1. The van der Waals surface area contributed by atoms with Gasteiger partial charge in [0.15, 0.2) is 0 Å². The van der Waals surface area contributed by atoms with Crippen molar-refractivity contribution in [2.75, 3.05) is 0 Å². The van der Waals surface area contributed by atoms with Crippen LogP contribution in [0.5, 0.6) is 0 Å². The topological polar surface area (TPSA) is 25.8 Å². The maximum Gasteiger partial charge on any atom is 0.0795 e. The van der Waals surface area contributed by atoms with E-state index in [0.717, 1.165) is 28.1 Å². The molecule has 0 fully saturated rings. The molecular formula is C42H40IrN2SSi-2. The summed E-state index contributed by atoms with van der Waals surface area (Å²) in [6.45, 7) is 15.1. The summed E-state index contributed by atoms with van der Waals surface area (Å²) < 4.78 is 10.9. The average molecular weight is 826 g/mol. The van der Waals surface area contributed by atoms with Crippen molar-refractivity contribution >= 4 is 44.8 Å². The van der Waals surface area contributed by atoms with Crippen LogP contribution in [-0.2, 0) is 20.1 Å². The van der Waals surface area contributed by atoms with Gasteiger partial charge in [0.1, 0.15) is 0 Å². The number of hydrogen-bond acceptors (Lipinski definition) is 3. The molecule has 0 unspecified atom stereocenters. The standard InChI is InChI=1S/C28H24NS.C14H16NSi.Ir/c1-17(2)20-11-12-29-25(16-20)23-8-5-9-24-27-22(7-6-10-26(27)30-28(23)24)21-14-18(3)13-19(4)15-21;1-16(2,3)13-9-10-14(15-11-13)12-7-5-4-6-8-12;/h5-7,9-17H,1-4H3;4-7,9-11H,1-3H3;/q2*-1;/i17D;;. The number of aromatic nitrogens is 2. The Kier molecular flexibility index (Phi) is 10.3. The molecule has 47 heavy (non-hydrogen) atoms. The Morgan fingerprint density at radius 1 is 0.787 bits per heavy atom. The molecule has 0 spiro atoms. The zero-order valence-electron chi connectivity index (χ0n) is 29.0. The maximum absolute atomic E-state index is 8.41. The zero-order valence-corrected chi connectivity index (χ0v) is 32.2. The van der Waals surface area contributed by atoms with Gasteiger partial charge >= 0.3 is 0 Å². The third-order valence-electron chi connectivity index (χ3n) is 8.20. The minimum Gasteiger partial charge on any atom is -0.305 e. The minimum absolute atomic E-state index is 0. The Labute approximate surface area is 299 Å². The first-order chi connectivity index (χ1) is 22.4. The van der Waals surface area contributed by atoms with Crippen molar-refractivity contribution in [3.05, 3.63) is 138 Å². The third kappa shape index (κ3) is 7.71. The van der Waals surface area contributed by atoms with Gasteiger partial charge in [0, 0.05) is 38.6 Å². The fourth-order valence-corrected chi connectivity index (χ4v) is 8.05. The summed E-state index contributed by atoms with van der Waals surface area (Å²) in [5, 5.41) is 3.92. The summed E-state index contributed by atoms with van der Waals surface area (Å²) in [5.74, 6) is -0.665. The average Bonchev–Trinajstić information content (AvgIpc) is 3.44. The molecule has 1 radical (unpaired) electrons. The molecule has 7 rings (SSSR count). The summed E-state index contributed by atoms with van der Waals surface area (Å²) >= 11 is 1.80. The van der Waals surface area contributed by atoms with E-state index in [9.17, 15) is 0 Å². The second kappa shape index (κ2) is 14.6. The molecule has 7 aromatic rings. The van der Waals surface area contributed by atoms with Crippen LogP contribution in [0.1, 0.15) is 37.8 Å². The molecule has 0 amide bonds. The number of hydrogen-bond donors (Lipinski definition) is 0. The van der Waals surface area contributed by atoms with Gasteiger partial charge in [0.2, 0.25) is 0 Å². The van der Waals surface area contributed by atoms with Crippen LogP contribution in [0.3, 0.4) is 0 Å². The summed E-state index contributed by atoms with van der Waals surface area (Å²) in [6, 6.07) is 40.3. The molecule has 3 aromatic heterocycles. The number of thiophene rings is 1. The first-order valence-corrected chi connectivity index (χ1v) is 20.1. The van der Waals surface area contributed by atoms with Crippen molar-refractivity contribution in [1.82, 2.24) is 9.97 Å². The van der Waals surface area contributed by atoms with E-state index in [-0.39, 0.29) is 20.1 Å². The second-order valence-corrected chi connectivity index (χ2v) is 19.3. The van der Waals surface area contributed by atoms with E-state index in [1.807, 2.05) is 68.7 Å². The minimum atomic E-state index is -1.23. The van der Waals surface area contributed by atoms with Gasteiger partial charge in [-0.2, -0.15) is 11.3 Å². The maximum atomic E-state index is 8.41. The summed E-state index contributed by atoms with van der Waals surface area (Å²) in [6.07, 6.45) is 3.82. The van der Waals surface area contributed by atoms with Crippen molar-refractivity contribution in [2.24, 2.45) is 0 Å². The van der Waals surface area contributed by atoms with Crippen LogP contribution in [0.25, 0.3) is 53.8 Å². The number of pyridine rings is 2. The van der Waals surface area contributed by atoms with Gasteiger partial charge in [-0.1, -0.05) is 104 Å². The van der Waals surface area contributed by atoms with Crippen LogP contribution in [0.4, 0.5) is 0 Å². The van der Waals surface area contributed by atoms with Crippen molar-refractivity contribution in [1.29, 1.82) is 0 Å². The SMILES string of the molecule is C[Si](C)(C)c1ccc(-c2[c-]cccc2)nc1.[2H]C(C)(C)c1ccnc(-c2[c-]ccc3c2sc2cccc(-c4cc(C)cc(C)c4)c23)c1.[Ir]. The van der Waals surface area contributed by atoms with Crippen LogP contribution >= 0.6 is 11.3 Å². The summed E-state index contributed by atoms with van der Waals surface area (Å²) in [7, 11) is -1.23. The Morgan fingerprint density at radius 3 is 2.23 bits per heavy atom. The van der Waals surface area contributed by atoms with E-state index in [1.165, 1.54) is 47.6 Å². The summed E-state index contributed by atoms with van der Waals surface area (Å²) in [4.78, 5) is 9.16. The molecule has 4 aromatic carbocycles. The monoisotopic (exact) mass is 826 g/mol. The van der Waals surface area contributed by atoms with E-state index in [4.69, 9.17) is 1.37 Å². The Balaban J connectivity index is 0.000000224. The smallest absolute Gasteiger partial charge is 0.0795 e. The molecule has 0 bridgehead atoms. The largest absolute Gasteiger partial charge is 0.305 e. The van der Waals surface area contributed by atoms with E-state index >= 15 is 0 Å². The molecule has 5 heteroatoms. The van der Waals surface area contributed by atoms with Crippen LogP contribution in [0.2, 0.25) is 19.6 Å². The van der Waals surface area contributed by atoms with Crippen LogP contribution in [0.15, 0.2) is 109 Å². The van der Waals surface area contributed by atoms with Crippen molar-refractivity contribution in [2.45, 2.75) is 53.2 Å². The van der Waals surface area contributed by atoms with Crippen LogP contribution in [-0.4, -0.2) is 18.0 Å². The molecule has 0 aliphatic rings. The van der Waals surface area contributed by atoms with Gasteiger partial charge in [-0.05, 0) is 69.7 Å². The van der Waals surface area contributed by atoms with Gasteiger partial charge in [-0.3, -0.25) is 0 Å². The zero-order chi connectivity index (χ0) is 33.3. The van der Waals surface area contributed by atoms with Crippen molar-refractivity contribution in [3.8, 4) is 33.6 Å². The predicted molar refractivity (Wildman–Crippen MR) is 202 cm³/mol. The van der Waals surface area contributed by atoms with Gasteiger partial charge in [-0.25, -0.2) is 0 Å². The molecule has 239 valence electrons. The number of nitrogens with zero attached hydrogens (tertiary/aromatic N) is 2.